The maximum absolute atomic E-state index is 11.0. The van der Waals surface area contributed by atoms with Gasteiger partial charge in [0.05, 0.1) is 13.2 Å². The maximum Gasteiger partial charge on any atom is 0.319 e. The molecule has 0 aliphatic rings. The highest BCUT2D eigenvalue weighted by Crippen LogP contribution is 2.17. The number of hydrogen-bond acceptors (Lipinski definition) is 6. The van der Waals surface area contributed by atoms with E-state index < -0.39 is 9.15 Å². The van der Waals surface area contributed by atoms with Crippen molar-refractivity contribution < 1.29 is 22.4 Å². The first-order chi connectivity index (χ1) is 15.3. The molecule has 0 aromatic heterocycles. The Labute approximate surface area is 204 Å². The Kier molecular flexibility index (Phi) is 12.6. The monoisotopic (exact) mass is 521 g/mol. The van der Waals surface area contributed by atoms with E-state index >= 15 is 0 Å². The third-order valence-corrected chi connectivity index (χ3v) is 7.09. The van der Waals surface area contributed by atoms with Gasteiger partial charge < -0.3 is 14.4 Å². The summed E-state index contributed by atoms with van der Waals surface area (Å²) in [5, 5.41) is 1.35. The van der Waals surface area contributed by atoms with Gasteiger partial charge in [0.1, 0.15) is 11.5 Å². The second kappa shape index (κ2) is 14.9. The van der Waals surface area contributed by atoms with Crippen molar-refractivity contribution in [3.05, 3.63) is 58.6 Å². The Hall–Kier alpha value is -1.16. The molecule has 0 aliphatic heterocycles. The van der Waals surface area contributed by atoms with E-state index in [4.69, 9.17) is 37.2 Å². The third kappa shape index (κ3) is 12.8. The minimum atomic E-state index is -4.01. The molecule has 0 saturated carbocycles. The number of ether oxygens (including phenoxy) is 2. The molecule has 0 saturated heterocycles. The Morgan fingerprint density at radius 3 is 1.59 bits per heavy atom. The molecule has 2 rings (SSSR count). The Bertz CT molecular complexity index is 825. The molecule has 6 nitrogen and oxygen atoms in total. The van der Waals surface area contributed by atoms with Crippen molar-refractivity contribution in [1.29, 1.82) is 0 Å². The fourth-order valence-electron chi connectivity index (χ4n) is 2.92. The third-order valence-electron chi connectivity index (χ3n) is 4.54. The number of unbranched alkanes of at least 4 members (excludes halogenated alkanes) is 2. The van der Waals surface area contributed by atoms with Gasteiger partial charge in [0.15, 0.2) is 0 Å². The highest BCUT2D eigenvalue weighted by Gasteiger charge is 2.09. The van der Waals surface area contributed by atoms with Crippen LogP contribution < -0.4 is 9.47 Å². The van der Waals surface area contributed by atoms with Crippen LogP contribution in [0.2, 0.25) is 10.0 Å². The number of benzene rings is 2. The molecule has 2 aromatic rings. The Morgan fingerprint density at radius 2 is 1.19 bits per heavy atom. The average Bonchev–Trinajstić information content (AvgIpc) is 2.74. The second-order valence-electron chi connectivity index (χ2n) is 7.11. The fourth-order valence-corrected chi connectivity index (χ4v) is 4.57. The zero-order valence-electron chi connectivity index (χ0n) is 17.8. The lowest BCUT2D eigenvalue weighted by Crippen LogP contribution is -2.29. The average molecular weight is 523 g/mol. The predicted octanol–water partition coefficient (Wildman–Crippen LogP) is 5.85. The summed E-state index contributed by atoms with van der Waals surface area (Å²) in [5.41, 5.74) is 0. The van der Waals surface area contributed by atoms with E-state index in [1.165, 1.54) is 0 Å². The van der Waals surface area contributed by atoms with E-state index in [-0.39, 0.29) is 0 Å². The molecule has 0 bridgehead atoms. The lowest BCUT2D eigenvalue weighted by atomic mass is 10.2. The summed E-state index contributed by atoms with van der Waals surface area (Å²) in [6, 6.07) is 14.5. The van der Waals surface area contributed by atoms with Crippen LogP contribution in [-0.2, 0) is 9.15 Å². The predicted molar refractivity (Wildman–Crippen MR) is 133 cm³/mol. The molecule has 1 N–H and O–H groups in total. The summed E-state index contributed by atoms with van der Waals surface area (Å²) in [6.07, 6.45) is 3.60. The van der Waals surface area contributed by atoms with Crippen molar-refractivity contribution in [3.8, 4) is 11.5 Å². The van der Waals surface area contributed by atoms with Crippen LogP contribution in [0.5, 0.6) is 11.5 Å². The number of rotatable bonds is 16. The SMILES string of the molecule is O=S(=O)(O)SCCN(CCCCOc1ccc(Cl)cc1)CCCCOc1ccc(Cl)cc1. The lowest BCUT2D eigenvalue weighted by molar-refractivity contribution is 0.244. The van der Waals surface area contributed by atoms with E-state index in [0.29, 0.717) is 46.4 Å². The van der Waals surface area contributed by atoms with Crippen LogP contribution in [0.4, 0.5) is 0 Å². The van der Waals surface area contributed by atoms with Gasteiger partial charge in [-0.3, -0.25) is 4.55 Å². The summed E-state index contributed by atoms with van der Waals surface area (Å²) >= 11 is 11.7. The van der Waals surface area contributed by atoms with Crippen LogP contribution in [0.1, 0.15) is 25.7 Å². The van der Waals surface area contributed by atoms with Crippen LogP contribution in [0, 0.1) is 0 Å². The molecule has 0 aliphatic carbocycles. The summed E-state index contributed by atoms with van der Waals surface area (Å²) in [7, 11) is -3.45. The first-order valence-electron chi connectivity index (χ1n) is 10.4. The maximum atomic E-state index is 11.0. The molecule has 178 valence electrons. The van der Waals surface area contributed by atoms with Gasteiger partial charge in [-0.05, 0) is 98.1 Å². The zero-order chi connectivity index (χ0) is 23.2. The van der Waals surface area contributed by atoms with Gasteiger partial charge in [-0.15, -0.1) is 0 Å². The quantitative estimate of drug-likeness (QED) is 0.168. The highest BCUT2D eigenvalue weighted by atomic mass is 35.5. The van der Waals surface area contributed by atoms with Gasteiger partial charge >= 0.3 is 9.15 Å². The van der Waals surface area contributed by atoms with E-state index in [1.807, 2.05) is 24.3 Å². The van der Waals surface area contributed by atoms with Gasteiger partial charge in [0.25, 0.3) is 0 Å². The zero-order valence-corrected chi connectivity index (χ0v) is 20.9. The second-order valence-corrected chi connectivity index (χ2v) is 11.5. The minimum Gasteiger partial charge on any atom is -0.494 e. The summed E-state index contributed by atoms with van der Waals surface area (Å²) < 4.78 is 42.3. The van der Waals surface area contributed by atoms with Crippen molar-refractivity contribution in [1.82, 2.24) is 4.90 Å². The van der Waals surface area contributed by atoms with E-state index in [9.17, 15) is 8.42 Å². The number of halogens is 2. The highest BCUT2D eigenvalue weighted by molar-refractivity contribution is 8.69. The summed E-state index contributed by atoms with van der Waals surface area (Å²) in [5.74, 6) is 1.90. The van der Waals surface area contributed by atoms with Crippen LogP contribution in [0.25, 0.3) is 0 Å². The molecule has 0 unspecified atom stereocenters. The standard InChI is InChI=1S/C22H29Cl2NO5S2/c23-19-5-9-21(10-6-19)29-16-3-1-13-25(15-18-31-32(26,27)28)14-2-4-17-30-22-11-7-20(24)8-12-22/h5-12H,1-4,13-18H2,(H,26,27,28). The van der Waals surface area contributed by atoms with Gasteiger partial charge in [-0.25, -0.2) is 0 Å². The van der Waals surface area contributed by atoms with E-state index in [1.54, 1.807) is 24.3 Å². The molecule has 0 fully saturated rings. The molecule has 32 heavy (non-hydrogen) atoms. The van der Waals surface area contributed by atoms with Crippen molar-refractivity contribution in [2.75, 3.05) is 38.6 Å². The van der Waals surface area contributed by atoms with Crippen molar-refractivity contribution in [3.63, 3.8) is 0 Å². The number of hydrogen-bond donors (Lipinski definition) is 1. The largest absolute Gasteiger partial charge is 0.494 e. The molecule has 0 amide bonds. The fraction of sp³-hybridized carbons (Fsp3) is 0.455. The number of nitrogens with zero attached hydrogens (tertiary/aromatic N) is 1. The molecular formula is C22H29Cl2NO5S2. The first-order valence-corrected chi connectivity index (χ1v) is 14.1. The van der Waals surface area contributed by atoms with Crippen LogP contribution in [0.15, 0.2) is 48.5 Å². The van der Waals surface area contributed by atoms with Crippen molar-refractivity contribution in [2.24, 2.45) is 0 Å². The Morgan fingerprint density at radius 1 is 0.750 bits per heavy atom. The lowest BCUT2D eigenvalue weighted by Gasteiger charge is -2.22. The summed E-state index contributed by atoms with van der Waals surface area (Å²) in [4.78, 5) is 2.21. The van der Waals surface area contributed by atoms with Gasteiger partial charge in [-0.1, -0.05) is 23.2 Å². The molecule has 0 spiro atoms. The Balaban J connectivity index is 1.66. The minimum absolute atomic E-state index is 0.321. The molecule has 2 aromatic carbocycles. The normalized spacial score (nSPS) is 11.6. The van der Waals surface area contributed by atoms with Crippen LogP contribution in [0.3, 0.4) is 0 Å². The molecule has 0 atom stereocenters. The van der Waals surface area contributed by atoms with Crippen LogP contribution in [-0.4, -0.2) is 56.5 Å². The van der Waals surface area contributed by atoms with E-state index in [2.05, 4.69) is 4.90 Å². The molecule has 10 heteroatoms. The van der Waals surface area contributed by atoms with Crippen LogP contribution >= 0.6 is 34.0 Å². The summed E-state index contributed by atoms with van der Waals surface area (Å²) in [6.45, 7) is 3.44. The smallest absolute Gasteiger partial charge is 0.319 e. The molecular weight excluding hydrogens is 493 g/mol. The topological polar surface area (TPSA) is 76.1 Å². The van der Waals surface area contributed by atoms with Crippen molar-refractivity contribution >= 4 is 43.1 Å². The van der Waals surface area contributed by atoms with E-state index in [0.717, 1.165) is 50.3 Å². The molecule has 0 heterocycles. The van der Waals surface area contributed by atoms with Gasteiger partial charge in [-0.2, -0.15) is 8.42 Å². The van der Waals surface area contributed by atoms with Crippen molar-refractivity contribution in [2.45, 2.75) is 25.7 Å². The van der Waals surface area contributed by atoms with Gasteiger partial charge in [0, 0.05) is 22.3 Å². The molecule has 0 radical (unpaired) electrons. The van der Waals surface area contributed by atoms with Gasteiger partial charge in [0.2, 0.25) is 0 Å². The first kappa shape index (κ1) is 27.1.